The zero-order valence-electron chi connectivity index (χ0n) is 11.2. The van der Waals surface area contributed by atoms with Gasteiger partial charge in [0.15, 0.2) is 29.0 Å². The van der Waals surface area contributed by atoms with Crippen molar-refractivity contribution in [3.63, 3.8) is 0 Å². The fraction of sp³-hybridized carbons (Fsp3) is 0.200. The molecule has 2 rings (SSSR count). The third-order valence-corrected chi connectivity index (χ3v) is 3.08. The molecule has 0 bridgehead atoms. The van der Waals surface area contributed by atoms with Crippen LogP contribution in [0.25, 0.3) is 0 Å². The molecule has 2 aromatic carbocycles. The maximum Gasteiger partial charge on any atom is 0.200 e. The highest BCUT2D eigenvalue weighted by Crippen LogP contribution is 2.36. The number of halogens is 3. The Morgan fingerprint density at radius 2 is 1.43 bits per heavy atom. The molecule has 0 aliphatic carbocycles. The van der Waals surface area contributed by atoms with Crippen LogP contribution in [0.1, 0.15) is 11.1 Å². The summed E-state index contributed by atoms with van der Waals surface area (Å²) in [6.45, 7) is 0. The van der Waals surface area contributed by atoms with Crippen LogP contribution < -0.4 is 4.74 Å². The van der Waals surface area contributed by atoms with E-state index in [1.165, 1.54) is 19.2 Å². The SMILES string of the molecule is COc1cc(CCc2cc(F)c(F)c(F)c2)cc(O)c1O. The molecule has 2 N–H and O–H groups in total. The van der Waals surface area contributed by atoms with Gasteiger partial charge in [-0.3, -0.25) is 0 Å². The topological polar surface area (TPSA) is 49.7 Å². The van der Waals surface area contributed by atoms with Gasteiger partial charge in [-0.1, -0.05) is 0 Å². The molecule has 112 valence electrons. The number of hydrogen-bond donors (Lipinski definition) is 2. The largest absolute Gasteiger partial charge is 0.504 e. The van der Waals surface area contributed by atoms with Gasteiger partial charge in [-0.25, -0.2) is 13.2 Å². The Balaban J connectivity index is 2.19. The molecular formula is C15H13F3O3. The molecule has 0 aliphatic rings. The molecule has 0 saturated carbocycles. The number of hydrogen-bond acceptors (Lipinski definition) is 3. The highest BCUT2D eigenvalue weighted by Gasteiger charge is 2.12. The number of aromatic hydroxyl groups is 2. The third kappa shape index (κ3) is 3.21. The first-order valence-corrected chi connectivity index (χ1v) is 6.14. The first kappa shape index (κ1) is 15.0. The molecule has 3 nitrogen and oxygen atoms in total. The molecule has 0 spiro atoms. The van der Waals surface area contributed by atoms with Crippen LogP contribution in [0.4, 0.5) is 13.2 Å². The Kier molecular flexibility index (Phi) is 4.26. The van der Waals surface area contributed by atoms with E-state index in [-0.39, 0.29) is 29.2 Å². The highest BCUT2D eigenvalue weighted by atomic mass is 19.2. The lowest BCUT2D eigenvalue weighted by atomic mass is 10.0. The molecule has 0 amide bonds. The zero-order chi connectivity index (χ0) is 15.6. The van der Waals surface area contributed by atoms with E-state index >= 15 is 0 Å². The van der Waals surface area contributed by atoms with E-state index < -0.39 is 17.5 Å². The molecule has 0 aromatic heterocycles. The molecule has 21 heavy (non-hydrogen) atoms. The normalized spacial score (nSPS) is 10.7. The van der Waals surface area contributed by atoms with Crippen LogP contribution in [0.3, 0.4) is 0 Å². The molecule has 0 unspecified atom stereocenters. The predicted octanol–water partition coefficient (Wildman–Crippen LogP) is 3.31. The summed E-state index contributed by atoms with van der Waals surface area (Å²) in [6.07, 6.45) is 0.566. The van der Waals surface area contributed by atoms with Gasteiger partial charge in [0, 0.05) is 0 Å². The van der Waals surface area contributed by atoms with Gasteiger partial charge in [-0.15, -0.1) is 0 Å². The second-order valence-corrected chi connectivity index (χ2v) is 4.54. The van der Waals surface area contributed by atoms with E-state index in [2.05, 4.69) is 0 Å². The fourth-order valence-electron chi connectivity index (χ4n) is 1.99. The quantitative estimate of drug-likeness (QED) is 0.672. The first-order valence-electron chi connectivity index (χ1n) is 6.14. The Bertz CT molecular complexity index is 648. The molecule has 0 fully saturated rings. The summed E-state index contributed by atoms with van der Waals surface area (Å²) in [6, 6.07) is 4.69. The van der Waals surface area contributed by atoms with Crippen molar-refractivity contribution in [2.24, 2.45) is 0 Å². The van der Waals surface area contributed by atoms with E-state index in [0.717, 1.165) is 12.1 Å². The monoisotopic (exact) mass is 298 g/mol. The maximum absolute atomic E-state index is 13.1. The lowest BCUT2D eigenvalue weighted by Gasteiger charge is -2.09. The van der Waals surface area contributed by atoms with Crippen LogP contribution in [-0.4, -0.2) is 17.3 Å². The van der Waals surface area contributed by atoms with Gasteiger partial charge in [-0.2, -0.15) is 0 Å². The second-order valence-electron chi connectivity index (χ2n) is 4.54. The van der Waals surface area contributed by atoms with Crippen molar-refractivity contribution in [2.45, 2.75) is 12.8 Å². The van der Waals surface area contributed by atoms with Crippen molar-refractivity contribution in [3.05, 3.63) is 52.8 Å². The van der Waals surface area contributed by atoms with Gasteiger partial charge in [0.25, 0.3) is 0 Å². The Morgan fingerprint density at radius 1 is 0.905 bits per heavy atom. The van der Waals surface area contributed by atoms with E-state index in [9.17, 15) is 23.4 Å². The van der Waals surface area contributed by atoms with Crippen molar-refractivity contribution in [2.75, 3.05) is 7.11 Å². The number of benzene rings is 2. The number of rotatable bonds is 4. The minimum absolute atomic E-state index is 0.0986. The molecule has 0 atom stereocenters. The van der Waals surface area contributed by atoms with Crippen LogP contribution in [0.15, 0.2) is 24.3 Å². The van der Waals surface area contributed by atoms with Crippen LogP contribution in [0, 0.1) is 17.5 Å². The van der Waals surface area contributed by atoms with Crippen molar-refractivity contribution in [3.8, 4) is 17.2 Å². The zero-order valence-corrected chi connectivity index (χ0v) is 11.2. The average Bonchev–Trinajstić information content (AvgIpc) is 2.45. The van der Waals surface area contributed by atoms with Gasteiger partial charge in [0.05, 0.1) is 7.11 Å². The molecule has 6 heteroatoms. The van der Waals surface area contributed by atoms with Crippen molar-refractivity contribution in [1.82, 2.24) is 0 Å². The summed E-state index contributed by atoms with van der Waals surface area (Å²) in [7, 11) is 1.34. The van der Waals surface area contributed by atoms with Gasteiger partial charge in [0.1, 0.15) is 0 Å². The molecule has 2 aromatic rings. The lowest BCUT2D eigenvalue weighted by molar-refractivity contribution is 0.350. The molecule has 0 aliphatic heterocycles. The molecule has 0 saturated heterocycles. The molecule has 0 heterocycles. The Labute approximate surface area is 119 Å². The summed E-state index contributed by atoms with van der Waals surface area (Å²) in [5.74, 6) is -4.60. The van der Waals surface area contributed by atoms with E-state index in [1.807, 2.05) is 0 Å². The molecule has 0 radical (unpaired) electrons. The van der Waals surface area contributed by atoms with E-state index in [4.69, 9.17) is 4.74 Å². The Morgan fingerprint density at radius 3 is 1.95 bits per heavy atom. The van der Waals surface area contributed by atoms with Crippen LogP contribution in [0.2, 0.25) is 0 Å². The third-order valence-electron chi connectivity index (χ3n) is 3.08. The summed E-state index contributed by atoms with van der Waals surface area (Å²) >= 11 is 0. The summed E-state index contributed by atoms with van der Waals surface area (Å²) in [4.78, 5) is 0. The lowest BCUT2D eigenvalue weighted by Crippen LogP contribution is -1.98. The maximum atomic E-state index is 13.1. The molecular weight excluding hydrogens is 285 g/mol. The number of ether oxygens (including phenoxy) is 1. The van der Waals surface area contributed by atoms with Crippen LogP contribution in [0.5, 0.6) is 17.2 Å². The van der Waals surface area contributed by atoms with Crippen molar-refractivity contribution < 1.29 is 28.1 Å². The van der Waals surface area contributed by atoms with Crippen LogP contribution >= 0.6 is 0 Å². The average molecular weight is 298 g/mol. The number of methoxy groups -OCH3 is 1. The first-order chi connectivity index (χ1) is 9.92. The minimum Gasteiger partial charge on any atom is -0.504 e. The van der Waals surface area contributed by atoms with E-state index in [1.54, 1.807) is 0 Å². The van der Waals surface area contributed by atoms with Gasteiger partial charge < -0.3 is 14.9 Å². The summed E-state index contributed by atoms with van der Waals surface area (Å²) in [5, 5.41) is 19.0. The fourth-order valence-corrected chi connectivity index (χ4v) is 1.99. The number of phenolic OH excluding ortho intramolecular Hbond substituents is 2. The summed E-state index contributed by atoms with van der Waals surface area (Å²) in [5.41, 5.74) is 0.894. The van der Waals surface area contributed by atoms with Crippen molar-refractivity contribution in [1.29, 1.82) is 0 Å². The second kappa shape index (κ2) is 5.95. The van der Waals surface area contributed by atoms with E-state index in [0.29, 0.717) is 12.0 Å². The highest BCUT2D eigenvalue weighted by molar-refractivity contribution is 5.52. The predicted molar refractivity (Wildman–Crippen MR) is 70.0 cm³/mol. The van der Waals surface area contributed by atoms with Gasteiger partial charge in [-0.05, 0) is 48.2 Å². The van der Waals surface area contributed by atoms with Gasteiger partial charge in [0.2, 0.25) is 5.75 Å². The number of phenols is 2. The van der Waals surface area contributed by atoms with Crippen molar-refractivity contribution >= 4 is 0 Å². The summed E-state index contributed by atoms with van der Waals surface area (Å²) < 4.78 is 43.9. The Hall–Kier alpha value is -2.37. The van der Waals surface area contributed by atoms with Crippen LogP contribution in [-0.2, 0) is 12.8 Å². The number of aryl methyl sites for hydroxylation is 2. The minimum atomic E-state index is -1.50. The smallest absolute Gasteiger partial charge is 0.200 e. The van der Waals surface area contributed by atoms with Gasteiger partial charge >= 0.3 is 0 Å². The standard InChI is InChI=1S/C15H13F3O3/c1-21-13-7-9(6-12(19)15(13)20)3-2-8-4-10(16)14(18)11(17)5-8/h4-7,19-20H,2-3H2,1H3.